The minimum atomic E-state index is -0.417. The number of carbonyl (C=O) groups excluding carboxylic acids is 1. The number of fused-ring (bicyclic) bond motifs is 1. The fraction of sp³-hybridized carbons (Fsp3) is 0.421. The zero-order valence-corrected chi connectivity index (χ0v) is 16.0. The Morgan fingerprint density at radius 2 is 2.19 bits per heavy atom. The van der Waals surface area contributed by atoms with Gasteiger partial charge in [0.15, 0.2) is 5.58 Å². The number of likely N-dealkylation sites (tertiary alicyclic amines) is 1. The number of carbonyl (C=O) groups is 1. The van der Waals surface area contributed by atoms with E-state index in [1.165, 1.54) is 0 Å². The zero-order chi connectivity index (χ0) is 19.1. The van der Waals surface area contributed by atoms with E-state index >= 15 is 0 Å². The minimum absolute atomic E-state index is 0.0644. The lowest BCUT2D eigenvalue weighted by atomic mass is 10.0. The van der Waals surface area contributed by atoms with Crippen LogP contribution in [0.5, 0.6) is 0 Å². The van der Waals surface area contributed by atoms with E-state index in [0.717, 1.165) is 12.8 Å². The van der Waals surface area contributed by atoms with Gasteiger partial charge in [0.05, 0.1) is 23.3 Å². The summed E-state index contributed by atoms with van der Waals surface area (Å²) in [4.78, 5) is 27.1. The second kappa shape index (κ2) is 6.88. The first-order chi connectivity index (χ1) is 12.9. The van der Waals surface area contributed by atoms with Gasteiger partial charge in [-0.2, -0.15) is 5.10 Å². The molecule has 1 aromatic carbocycles. The molecule has 0 saturated carbocycles. The van der Waals surface area contributed by atoms with E-state index in [1.54, 1.807) is 44.7 Å². The highest BCUT2D eigenvalue weighted by molar-refractivity contribution is 6.31. The molecule has 1 amide bonds. The number of aromatic nitrogens is 3. The van der Waals surface area contributed by atoms with E-state index in [4.69, 9.17) is 16.0 Å². The summed E-state index contributed by atoms with van der Waals surface area (Å²) in [5.41, 5.74) is 1.74. The predicted octanol–water partition coefficient (Wildman–Crippen LogP) is 3.50. The number of oxazole rings is 1. The molecule has 0 bridgehead atoms. The van der Waals surface area contributed by atoms with Crippen LogP contribution >= 0.6 is 11.6 Å². The van der Waals surface area contributed by atoms with Gasteiger partial charge < -0.3 is 9.32 Å². The molecule has 0 aliphatic carbocycles. The van der Waals surface area contributed by atoms with Crippen molar-refractivity contribution >= 4 is 28.6 Å². The van der Waals surface area contributed by atoms with Gasteiger partial charge in [0, 0.05) is 30.4 Å². The molecule has 27 heavy (non-hydrogen) atoms. The summed E-state index contributed by atoms with van der Waals surface area (Å²) in [7, 11) is 0. The summed E-state index contributed by atoms with van der Waals surface area (Å²) >= 11 is 6.09. The molecule has 1 fully saturated rings. The van der Waals surface area contributed by atoms with Crippen LogP contribution in [-0.2, 0) is 0 Å². The van der Waals surface area contributed by atoms with E-state index < -0.39 is 5.76 Å². The first kappa shape index (κ1) is 17.9. The van der Waals surface area contributed by atoms with Crippen LogP contribution < -0.4 is 5.76 Å². The van der Waals surface area contributed by atoms with Gasteiger partial charge in [-0.3, -0.25) is 14.0 Å². The molecule has 1 saturated heterocycles. The van der Waals surface area contributed by atoms with Gasteiger partial charge >= 0.3 is 5.76 Å². The minimum Gasteiger partial charge on any atom is -0.408 e. The first-order valence-corrected chi connectivity index (χ1v) is 9.46. The largest absolute Gasteiger partial charge is 0.420 e. The van der Waals surface area contributed by atoms with Gasteiger partial charge in [-0.1, -0.05) is 11.6 Å². The number of halogens is 1. The summed E-state index contributed by atoms with van der Waals surface area (Å²) in [5.74, 6) is -0.482. The Morgan fingerprint density at radius 3 is 2.93 bits per heavy atom. The third-order valence-corrected chi connectivity index (χ3v) is 5.24. The topological polar surface area (TPSA) is 73.3 Å². The first-order valence-electron chi connectivity index (χ1n) is 9.08. The maximum Gasteiger partial charge on any atom is 0.420 e. The van der Waals surface area contributed by atoms with Crippen molar-refractivity contribution in [2.75, 3.05) is 13.1 Å². The van der Waals surface area contributed by atoms with Crippen molar-refractivity contribution in [1.29, 1.82) is 0 Å². The number of hydrogen-bond acceptors (Lipinski definition) is 4. The van der Waals surface area contributed by atoms with Crippen molar-refractivity contribution in [1.82, 2.24) is 19.2 Å². The molecule has 0 N–H and O–H groups in total. The van der Waals surface area contributed by atoms with E-state index in [-0.39, 0.29) is 18.0 Å². The molecule has 0 radical (unpaired) electrons. The summed E-state index contributed by atoms with van der Waals surface area (Å²) in [5, 5.41) is 4.79. The Bertz CT molecular complexity index is 1050. The Labute approximate surface area is 161 Å². The Hall–Kier alpha value is -2.54. The summed E-state index contributed by atoms with van der Waals surface area (Å²) < 4.78 is 8.74. The lowest BCUT2D eigenvalue weighted by Gasteiger charge is -2.32. The molecule has 7 nitrogen and oxygen atoms in total. The molecule has 2 aromatic heterocycles. The Balaban J connectivity index is 1.61. The van der Waals surface area contributed by atoms with Gasteiger partial charge in [0.1, 0.15) is 0 Å². The molecule has 8 heteroatoms. The monoisotopic (exact) mass is 388 g/mol. The number of hydrogen-bond donors (Lipinski definition) is 0. The number of rotatable bonds is 3. The fourth-order valence-electron chi connectivity index (χ4n) is 3.62. The smallest absolute Gasteiger partial charge is 0.408 e. The van der Waals surface area contributed by atoms with Crippen LogP contribution in [0.15, 0.2) is 39.8 Å². The second-order valence-electron chi connectivity index (χ2n) is 7.20. The quantitative estimate of drug-likeness (QED) is 0.688. The van der Waals surface area contributed by atoms with Crippen LogP contribution in [0.25, 0.3) is 11.1 Å². The predicted molar refractivity (Wildman–Crippen MR) is 102 cm³/mol. The molecule has 1 unspecified atom stereocenters. The Kier molecular flexibility index (Phi) is 4.55. The average Bonchev–Trinajstić information content (AvgIpc) is 3.25. The highest BCUT2D eigenvalue weighted by atomic mass is 35.5. The summed E-state index contributed by atoms with van der Waals surface area (Å²) in [6.45, 7) is 5.14. The molecule has 3 heterocycles. The normalized spacial score (nSPS) is 17.8. The fourth-order valence-corrected chi connectivity index (χ4v) is 3.78. The SMILES string of the molecule is CC(C)n1cc(C(=O)N2CCCC(n3c(=O)oc4ccc(Cl)cc43)C2)cn1. The second-order valence-corrected chi connectivity index (χ2v) is 7.64. The van der Waals surface area contributed by atoms with Gasteiger partial charge in [-0.15, -0.1) is 0 Å². The molecule has 0 spiro atoms. The highest BCUT2D eigenvalue weighted by Gasteiger charge is 2.29. The Morgan fingerprint density at radius 1 is 1.37 bits per heavy atom. The zero-order valence-electron chi connectivity index (χ0n) is 15.3. The standard InChI is InChI=1S/C19H21ClN4O3/c1-12(2)23-10-13(9-21-23)18(25)22-7-3-4-15(11-22)24-16-8-14(20)5-6-17(16)27-19(24)26/h5-6,8-10,12,15H,3-4,7,11H2,1-2H3. The molecule has 142 valence electrons. The lowest BCUT2D eigenvalue weighted by Crippen LogP contribution is -2.42. The third kappa shape index (κ3) is 3.27. The van der Waals surface area contributed by atoms with Crippen molar-refractivity contribution in [3.05, 3.63) is 51.7 Å². The van der Waals surface area contributed by atoms with E-state index in [1.807, 2.05) is 13.8 Å². The van der Waals surface area contributed by atoms with Crippen molar-refractivity contribution < 1.29 is 9.21 Å². The van der Waals surface area contributed by atoms with Crippen LogP contribution in [-0.4, -0.2) is 38.2 Å². The molecule has 1 aliphatic rings. The van der Waals surface area contributed by atoms with Gasteiger partial charge in [-0.25, -0.2) is 4.79 Å². The highest BCUT2D eigenvalue weighted by Crippen LogP contribution is 2.27. The van der Waals surface area contributed by atoms with E-state index in [0.29, 0.717) is 34.8 Å². The number of amides is 1. The van der Waals surface area contributed by atoms with Crippen LogP contribution in [0.2, 0.25) is 5.02 Å². The summed E-state index contributed by atoms with van der Waals surface area (Å²) in [6, 6.07) is 5.17. The molecular formula is C19H21ClN4O3. The van der Waals surface area contributed by atoms with Crippen molar-refractivity contribution in [3.8, 4) is 0 Å². The maximum atomic E-state index is 12.9. The number of nitrogens with zero attached hydrogens (tertiary/aromatic N) is 4. The van der Waals surface area contributed by atoms with Gasteiger partial charge in [-0.05, 0) is 44.9 Å². The van der Waals surface area contributed by atoms with Crippen LogP contribution in [0.4, 0.5) is 0 Å². The molecule has 3 aromatic rings. The molecule has 1 aliphatic heterocycles. The van der Waals surface area contributed by atoms with Crippen LogP contribution in [0, 0.1) is 0 Å². The maximum absolute atomic E-state index is 12.9. The van der Waals surface area contributed by atoms with E-state index in [9.17, 15) is 9.59 Å². The van der Waals surface area contributed by atoms with E-state index in [2.05, 4.69) is 5.10 Å². The van der Waals surface area contributed by atoms with Crippen LogP contribution in [0.3, 0.4) is 0 Å². The molecule has 1 atom stereocenters. The average molecular weight is 389 g/mol. The van der Waals surface area contributed by atoms with Crippen molar-refractivity contribution in [3.63, 3.8) is 0 Å². The lowest BCUT2D eigenvalue weighted by molar-refractivity contribution is 0.0677. The van der Waals surface area contributed by atoms with Gasteiger partial charge in [0.25, 0.3) is 5.91 Å². The van der Waals surface area contributed by atoms with Crippen LogP contribution in [0.1, 0.15) is 49.1 Å². The molecular weight excluding hydrogens is 368 g/mol. The molecule has 4 rings (SSSR count). The third-order valence-electron chi connectivity index (χ3n) is 5.00. The van der Waals surface area contributed by atoms with Gasteiger partial charge in [0.2, 0.25) is 0 Å². The number of piperidine rings is 1. The number of benzene rings is 1. The van der Waals surface area contributed by atoms with Crippen molar-refractivity contribution in [2.24, 2.45) is 0 Å². The summed E-state index contributed by atoms with van der Waals surface area (Å²) in [6.07, 6.45) is 4.99. The van der Waals surface area contributed by atoms with Crippen molar-refractivity contribution in [2.45, 2.75) is 38.8 Å².